The van der Waals surface area contributed by atoms with Crippen LogP contribution in [0.25, 0.3) is 0 Å². The van der Waals surface area contributed by atoms with E-state index < -0.39 is 0 Å². The third kappa shape index (κ3) is 2.46. The zero-order valence-electron chi connectivity index (χ0n) is 9.58. The minimum atomic E-state index is 0.497. The Bertz CT molecular complexity index is 331. The molecule has 0 spiro atoms. The number of hydrogen-bond acceptors (Lipinski definition) is 3. The van der Waals surface area contributed by atoms with Crippen molar-refractivity contribution in [2.24, 2.45) is 5.41 Å². The van der Waals surface area contributed by atoms with Gasteiger partial charge in [0, 0.05) is 18.3 Å². The van der Waals surface area contributed by atoms with Crippen LogP contribution in [-0.4, -0.2) is 16.5 Å². The molecule has 82 valence electrons. The van der Waals surface area contributed by atoms with Gasteiger partial charge in [-0.25, -0.2) is 9.97 Å². The van der Waals surface area contributed by atoms with Gasteiger partial charge in [-0.05, 0) is 24.7 Å². The molecule has 1 aromatic heterocycles. The SMILES string of the molecule is CCc1cc(NCC2(C)CCC2)ncn1. The van der Waals surface area contributed by atoms with Crippen LogP contribution in [0.4, 0.5) is 5.82 Å². The summed E-state index contributed by atoms with van der Waals surface area (Å²) in [6, 6.07) is 2.04. The van der Waals surface area contributed by atoms with Crippen molar-refractivity contribution >= 4 is 5.82 Å². The predicted octanol–water partition coefficient (Wildman–Crippen LogP) is 2.64. The highest BCUT2D eigenvalue weighted by Gasteiger charge is 2.31. The van der Waals surface area contributed by atoms with Crippen LogP contribution in [0.15, 0.2) is 12.4 Å². The fourth-order valence-corrected chi connectivity index (χ4v) is 1.95. The quantitative estimate of drug-likeness (QED) is 0.821. The standard InChI is InChI=1S/C12H19N3/c1-3-10-7-11(15-9-14-10)13-8-12(2)5-4-6-12/h7,9H,3-6,8H2,1-2H3,(H,13,14,15). The van der Waals surface area contributed by atoms with Gasteiger partial charge in [-0.2, -0.15) is 0 Å². The molecule has 0 bridgehead atoms. The molecule has 0 radical (unpaired) electrons. The second kappa shape index (κ2) is 4.17. The molecule has 0 saturated heterocycles. The molecular weight excluding hydrogens is 186 g/mol. The fraction of sp³-hybridized carbons (Fsp3) is 0.667. The van der Waals surface area contributed by atoms with Crippen molar-refractivity contribution in [3.8, 4) is 0 Å². The van der Waals surface area contributed by atoms with Crippen molar-refractivity contribution in [1.29, 1.82) is 0 Å². The van der Waals surface area contributed by atoms with Gasteiger partial charge in [-0.3, -0.25) is 0 Å². The van der Waals surface area contributed by atoms with E-state index in [4.69, 9.17) is 0 Å². The van der Waals surface area contributed by atoms with E-state index in [0.29, 0.717) is 5.41 Å². The maximum Gasteiger partial charge on any atom is 0.129 e. The van der Waals surface area contributed by atoms with E-state index in [2.05, 4.69) is 29.1 Å². The summed E-state index contributed by atoms with van der Waals surface area (Å²) in [5.74, 6) is 0.968. The van der Waals surface area contributed by atoms with Crippen molar-refractivity contribution in [2.45, 2.75) is 39.5 Å². The molecule has 0 aliphatic heterocycles. The minimum absolute atomic E-state index is 0.497. The summed E-state index contributed by atoms with van der Waals surface area (Å²) < 4.78 is 0. The molecule has 0 unspecified atom stereocenters. The van der Waals surface area contributed by atoms with E-state index in [1.807, 2.05) is 6.07 Å². The fourth-order valence-electron chi connectivity index (χ4n) is 1.95. The van der Waals surface area contributed by atoms with Crippen molar-refractivity contribution < 1.29 is 0 Å². The lowest BCUT2D eigenvalue weighted by Crippen LogP contribution is -2.33. The Kier molecular flexibility index (Phi) is 2.89. The van der Waals surface area contributed by atoms with Gasteiger partial charge in [0.25, 0.3) is 0 Å². The molecule has 1 fully saturated rings. The Hall–Kier alpha value is -1.12. The number of aromatic nitrogens is 2. The maximum absolute atomic E-state index is 4.23. The lowest BCUT2D eigenvalue weighted by atomic mass is 9.70. The van der Waals surface area contributed by atoms with Crippen molar-refractivity contribution in [3.05, 3.63) is 18.1 Å². The van der Waals surface area contributed by atoms with Gasteiger partial charge in [0.2, 0.25) is 0 Å². The first-order valence-corrected chi connectivity index (χ1v) is 5.77. The number of nitrogens with one attached hydrogen (secondary N) is 1. The van der Waals surface area contributed by atoms with E-state index >= 15 is 0 Å². The first-order valence-electron chi connectivity index (χ1n) is 5.77. The number of nitrogens with zero attached hydrogens (tertiary/aromatic N) is 2. The number of rotatable bonds is 4. The third-order valence-electron chi connectivity index (χ3n) is 3.34. The molecule has 2 rings (SSSR count). The lowest BCUT2D eigenvalue weighted by Gasteiger charge is -2.38. The summed E-state index contributed by atoms with van der Waals surface area (Å²) in [5, 5.41) is 3.41. The predicted molar refractivity (Wildman–Crippen MR) is 61.9 cm³/mol. The normalized spacial score (nSPS) is 18.3. The topological polar surface area (TPSA) is 37.8 Å². The molecule has 0 aromatic carbocycles. The van der Waals surface area contributed by atoms with E-state index in [1.54, 1.807) is 6.33 Å². The Morgan fingerprint density at radius 3 is 2.80 bits per heavy atom. The van der Waals surface area contributed by atoms with E-state index in [1.165, 1.54) is 19.3 Å². The highest BCUT2D eigenvalue weighted by Crippen LogP contribution is 2.40. The molecular formula is C12H19N3. The largest absolute Gasteiger partial charge is 0.369 e. The summed E-state index contributed by atoms with van der Waals surface area (Å²) in [7, 11) is 0. The van der Waals surface area contributed by atoms with Gasteiger partial charge in [0.15, 0.2) is 0 Å². The summed E-state index contributed by atoms with van der Waals surface area (Å²) in [5.41, 5.74) is 1.60. The van der Waals surface area contributed by atoms with Crippen molar-refractivity contribution in [2.75, 3.05) is 11.9 Å². The van der Waals surface area contributed by atoms with Crippen LogP contribution in [0, 0.1) is 5.41 Å². The van der Waals surface area contributed by atoms with Crippen LogP contribution in [0.3, 0.4) is 0 Å². The summed E-state index contributed by atoms with van der Waals surface area (Å²) >= 11 is 0. The average molecular weight is 205 g/mol. The Morgan fingerprint density at radius 2 is 2.20 bits per heavy atom. The first kappa shape index (κ1) is 10.4. The average Bonchev–Trinajstić information content (AvgIpc) is 2.24. The van der Waals surface area contributed by atoms with Crippen LogP contribution in [-0.2, 0) is 6.42 Å². The number of hydrogen-bond donors (Lipinski definition) is 1. The highest BCUT2D eigenvalue weighted by atomic mass is 15.0. The Labute approximate surface area is 91.3 Å². The van der Waals surface area contributed by atoms with Crippen LogP contribution >= 0.6 is 0 Å². The van der Waals surface area contributed by atoms with Gasteiger partial charge < -0.3 is 5.32 Å². The number of aryl methyl sites for hydroxylation is 1. The number of anilines is 1. The maximum atomic E-state index is 4.23. The molecule has 1 N–H and O–H groups in total. The van der Waals surface area contributed by atoms with E-state index in [0.717, 1.165) is 24.5 Å². The molecule has 1 aliphatic rings. The minimum Gasteiger partial charge on any atom is -0.369 e. The van der Waals surface area contributed by atoms with Crippen LogP contribution in [0.1, 0.15) is 38.8 Å². The molecule has 0 amide bonds. The molecule has 1 saturated carbocycles. The highest BCUT2D eigenvalue weighted by molar-refractivity contribution is 5.35. The van der Waals surface area contributed by atoms with Gasteiger partial charge in [0.1, 0.15) is 12.1 Å². The molecule has 1 heterocycles. The Balaban J connectivity index is 1.92. The lowest BCUT2D eigenvalue weighted by molar-refractivity contribution is 0.180. The van der Waals surface area contributed by atoms with E-state index in [9.17, 15) is 0 Å². The molecule has 1 aromatic rings. The smallest absolute Gasteiger partial charge is 0.129 e. The van der Waals surface area contributed by atoms with Gasteiger partial charge in [0.05, 0.1) is 0 Å². The second-order valence-corrected chi connectivity index (χ2v) is 4.77. The van der Waals surface area contributed by atoms with Crippen molar-refractivity contribution in [1.82, 2.24) is 9.97 Å². The molecule has 15 heavy (non-hydrogen) atoms. The third-order valence-corrected chi connectivity index (χ3v) is 3.34. The molecule has 1 aliphatic carbocycles. The zero-order chi connectivity index (χ0) is 10.7. The van der Waals surface area contributed by atoms with Crippen molar-refractivity contribution in [3.63, 3.8) is 0 Å². The first-order chi connectivity index (χ1) is 7.22. The molecule has 0 atom stereocenters. The molecule has 3 heteroatoms. The zero-order valence-corrected chi connectivity index (χ0v) is 9.58. The second-order valence-electron chi connectivity index (χ2n) is 4.77. The van der Waals surface area contributed by atoms with Crippen LogP contribution in [0.5, 0.6) is 0 Å². The van der Waals surface area contributed by atoms with Gasteiger partial charge >= 0.3 is 0 Å². The molecule has 3 nitrogen and oxygen atoms in total. The summed E-state index contributed by atoms with van der Waals surface area (Å²) in [4.78, 5) is 8.41. The summed E-state index contributed by atoms with van der Waals surface area (Å²) in [6.07, 6.45) is 6.67. The van der Waals surface area contributed by atoms with Gasteiger partial charge in [-0.1, -0.05) is 20.3 Å². The summed E-state index contributed by atoms with van der Waals surface area (Å²) in [6.45, 7) is 5.48. The Morgan fingerprint density at radius 1 is 1.40 bits per heavy atom. The van der Waals surface area contributed by atoms with E-state index in [-0.39, 0.29) is 0 Å². The van der Waals surface area contributed by atoms with Crippen LogP contribution < -0.4 is 5.32 Å². The monoisotopic (exact) mass is 205 g/mol. The van der Waals surface area contributed by atoms with Gasteiger partial charge in [-0.15, -0.1) is 0 Å². The van der Waals surface area contributed by atoms with Crippen LogP contribution in [0.2, 0.25) is 0 Å².